The molecule has 0 bridgehead atoms. The van der Waals surface area contributed by atoms with Gasteiger partial charge < -0.3 is 47.6 Å². The molecule has 3 aromatic carbocycles. The highest BCUT2D eigenvalue weighted by Gasteiger charge is 2.31. The Morgan fingerprint density at radius 3 is 1.73 bits per heavy atom. The van der Waals surface area contributed by atoms with Crippen LogP contribution in [0.2, 0.25) is 0 Å². The number of carbonyl (C=O) groups excluding carboxylic acids is 6. The number of carboxylic acid groups (broad SMARTS) is 3. The molecule has 0 aliphatic heterocycles. The third-order valence-corrected chi connectivity index (χ3v) is 8.77. The molecule has 59 heavy (non-hydrogen) atoms. The van der Waals surface area contributed by atoms with E-state index in [1.165, 1.54) is 12.1 Å². The van der Waals surface area contributed by atoms with Gasteiger partial charge in [-0.3, -0.25) is 53.3 Å². The van der Waals surface area contributed by atoms with Crippen LogP contribution in [-0.4, -0.2) is 104 Å². The summed E-state index contributed by atoms with van der Waals surface area (Å²) in [6.07, 6.45) is -3.44. The molecular weight excluding hydrogens is 778 g/mol. The van der Waals surface area contributed by atoms with E-state index in [0.717, 1.165) is 17.5 Å². The Balaban J connectivity index is 1.90. The Kier molecular flexibility index (Phi) is 17.4. The number of nitro groups is 1. The van der Waals surface area contributed by atoms with Crippen molar-refractivity contribution in [3.8, 4) is 0 Å². The molecule has 21 nitrogen and oxygen atoms in total. The summed E-state index contributed by atoms with van der Waals surface area (Å²) in [5.74, 6) is -9.63. The summed E-state index contributed by atoms with van der Waals surface area (Å²) in [5, 5.41) is 51.7. The molecule has 4 atom stereocenters. The molecule has 1 unspecified atom stereocenters. The first-order valence-corrected chi connectivity index (χ1v) is 18.0. The third-order valence-electron chi connectivity index (χ3n) is 8.77. The Labute approximate surface area is 335 Å². The predicted molar refractivity (Wildman–Crippen MR) is 205 cm³/mol. The van der Waals surface area contributed by atoms with E-state index >= 15 is 0 Å². The first kappa shape index (κ1) is 45.9. The maximum atomic E-state index is 14.1. The molecule has 0 saturated heterocycles. The van der Waals surface area contributed by atoms with Crippen LogP contribution in [0.3, 0.4) is 0 Å². The summed E-state index contributed by atoms with van der Waals surface area (Å²) in [4.78, 5) is 122. The summed E-state index contributed by atoms with van der Waals surface area (Å²) in [5.41, 5.74) is 6.07. The van der Waals surface area contributed by atoms with Crippen LogP contribution in [0.15, 0.2) is 66.7 Å². The molecule has 0 spiro atoms. The van der Waals surface area contributed by atoms with Crippen LogP contribution >= 0.6 is 0 Å². The van der Waals surface area contributed by atoms with Crippen LogP contribution in [0, 0.1) is 10.1 Å². The topological polar surface area (TPSA) is 344 Å². The van der Waals surface area contributed by atoms with E-state index < -0.39 is 121 Å². The average molecular weight is 822 g/mol. The molecule has 0 aromatic heterocycles. The number of hydrogen-bond acceptors (Lipinski definition) is 11. The largest absolute Gasteiger partial charge is 0.481 e. The minimum absolute atomic E-state index is 0.173. The molecule has 21 heteroatoms. The van der Waals surface area contributed by atoms with Crippen LogP contribution in [0.4, 0.5) is 5.69 Å². The number of rotatable bonds is 24. The zero-order chi connectivity index (χ0) is 43.6. The number of benzene rings is 3. The lowest BCUT2D eigenvalue weighted by Crippen LogP contribution is -2.58. The molecule has 10 N–H and O–H groups in total. The van der Waals surface area contributed by atoms with Crippen LogP contribution < -0.4 is 32.3 Å². The second-order valence-electron chi connectivity index (χ2n) is 13.2. The van der Waals surface area contributed by atoms with E-state index in [0.29, 0.717) is 16.5 Å². The van der Waals surface area contributed by atoms with Crippen molar-refractivity contribution in [3.63, 3.8) is 0 Å². The van der Waals surface area contributed by atoms with E-state index in [-0.39, 0.29) is 24.9 Å². The molecule has 0 radical (unpaired) electrons. The second kappa shape index (κ2) is 22.3. The van der Waals surface area contributed by atoms with E-state index in [4.69, 9.17) is 21.1 Å². The number of amides is 6. The quantitative estimate of drug-likeness (QED) is 0.0413. The molecule has 0 aliphatic carbocycles. The van der Waals surface area contributed by atoms with E-state index in [1.54, 1.807) is 30.3 Å². The highest BCUT2D eigenvalue weighted by molar-refractivity contribution is 5.96. The molecule has 3 rings (SSSR count). The van der Waals surface area contributed by atoms with Gasteiger partial charge in [-0.2, -0.15) is 0 Å². The van der Waals surface area contributed by atoms with Gasteiger partial charge in [0, 0.05) is 44.2 Å². The van der Waals surface area contributed by atoms with Crippen LogP contribution in [0.25, 0.3) is 10.8 Å². The Hall–Kier alpha value is -7.45. The number of nitro benzene ring substituents is 1. The van der Waals surface area contributed by atoms with Crippen LogP contribution in [-0.2, 0) is 56.0 Å². The standard InChI is InChI=1S/C38H43N7O14/c39-35(54)26(12-15-32(48)49)43-38(57)29(19-23-6-3-5-22-4-1-2-7-25(22)23)44-37(56)28(18-21-8-10-24(11-9-21)45(58)59)42-31(47)20-40-36(55)27(13-16-33(50)51)41-30(46)14-17-34(52)53/h1-11,26-29H,12-20H2,(H2,39,54)(H,40,55)(H,41,46)(H,42,47)(H,43,57)(H,44,56)(H,48,49)(H,50,51)(H,52,53)/t26-,27-,28-,29?/m0/s1. The molecular formula is C38H43N7O14. The van der Waals surface area contributed by atoms with Crippen LogP contribution in [0.5, 0.6) is 0 Å². The molecule has 6 amide bonds. The summed E-state index contributed by atoms with van der Waals surface area (Å²) >= 11 is 0. The van der Waals surface area contributed by atoms with Crippen molar-refractivity contribution >= 4 is 69.8 Å². The molecule has 0 heterocycles. The first-order valence-electron chi connectivity index (χ1n) is 18.0. The third kappa shape index (κ3) is 15.5. The number of hydrogen-bond donors (Lipinski definition) is 9. The number of nitrogens with one attached hydrogen (secondary N) is 5. The number of non-ortho nitro benzene ring substituents is 1. The smallest absolute Gasteiger partial charge is 0.303 e. The molecule has 0 saturated carbocycles. The van der Waals surface area contributed by atoms with Crippen molar-refractivity contribution in [1.82, 2.24) is 26.6 Å². The zero-order valence-electron chi connectivity index (χ0n) is 31.4. The molecule has 3 aromatic rings. The minimum atomic E-state index is -1.53. The normalized spacial score (nSPS) is 12.7. The fraction of sp³-hybridized carbons (Fsp3) is 0.342. The number of nitrogens with two attached hydrogens (primary N) is 1. The number of carbonyl (C=O) groups is 9. The van der Waals surface area contributed by atoms with Crippen LogP contribution in [0.1, 0.15) is 49.7 Å². The average Bonchev–Trinajstić information content (AvgIpc) is 3.18. The van der Waals surface area contributed by atoms with Gasteiger partial charge in [0.2, 0.25) is 35.4 Å². The van der Waals surface area contributed by atoms with Gasteiger partial charge in [-0.25, -0.2) is 0 Å². The van der Waals surface area contributed by atoms with E-state index in [1.807, 2.05) is 12.1 Å². The number of primary amides is 1. The maximum absolute atomic E-state index is 14.1. The monoisotopic (exact) mass is 821 g/mol. The van der Waals surface area contributed by atoms with Crippen molar-refractivity contribution in [1.29, 1.82) is 0 Å². The van der Waals surface area contributed by atoms with Crippen molar-refractivity contribution < 1.29 is 63.4 Å². The van der Waals surface area contributed by atoms with Gasteiger partial charge in [0.05, 0.1) is 17.9 Å². The number of fused-ring (bicyclic) bond motifs is 1. The van der Waals surface area contributed by atoms with E-state index in [2.05, 4.69) is 26.6 Å². The maximum Gasteiger partial charge on any atom is 0.303 e. The highest BCUT2D eigenvalue weighted by atomic mass is 16.6. The Morgan fingerprint density at radius 1 is 0.593 bits per heavy atom. The summed E-state index contributed by atoms with van der Waals surface area (Å²) in [7, 11) is 0. The lowest BCUT2D eigenvalue weighted by Gasteiger charge is -2.25. The number of nitrogens with zero attached hydrogens (tertiary/aromatic N) is 1. The van der Waals surface area contributed by atoms with Gasteiger partial charge in [-0.15, -0.1) is 0 Å². The summed E-state index contributed by atoms with van der Waals surface area (Å²) < 4.78 is 0. The predicted octanol–water partition coefficient (Wildman–Crippen LogP) is -0.332. The number of aliphatic carboxylic acids is 3. The zero-order valence-corrected chi connectivity index (χ0v) is 31.4. The van der Waals surface area contributed by atoms with Gasteiger partial charge in [-0.05, 0) is 34.7 Å². The Bertz CT molecular complexity index is 2070. The SMILES string of the molecule is NC(=O)[C@H](CCC(=O)O)NC(=O)C(Cc1cccc2ccccc12)NC(=O)[C@H](Cc1ccc([N+](=O)[O-])cc1)NC(=O)CNC(=O)[C@H](CCC(=O)O)NC(=O)CCC(=O)O. The van der Waals surface area contributed by atoms with Crippen molar-refractivity contribution in [2.24, 2.45) is 5.73 Å². The molecule has 0 fully saturated rings. The fourth-order valence-corrected chi connectivity index (χ4v) is 5.76. The van der Waals surface area contributed by atoms with Gasteiger partial charge in [0.1, 0.15) is 24.2 Å². The number of carboxylic acids is 3. The molecule has 314 valence electrons. The lowest BCUT2D eigenvalue weighted by atomic mass is 9.97. The fourth-order valence-electron chi connectivity index (χ4n) is 5.76. The van der Waals surface area contributed by atoms with Gasteiger partial charge in [0.15, 0.2) is 0 Å². The van der Waals surface area contributed by atoms with Crippen molar-refractivity contribution in [2.75, 3.05) is 6.54 Å². The Morgan fingerprint density at radius 2 is 1.14 bits per heavy atom. The summed E-state index contributed by atoms with van der Waals surface area (Å²) in [6, 6.07) is 11.4. The summed E-state index contributed by atoms with van der Waals surface area (Å²) in [6.45, 7) is -0.818. The highest BCUT2D eigenvalue weighted by Crippen LogP contribution is 2.20. The minimum Gasteiger partial charge on any atom is -0.481 e. The van der Waals surface area contributed by atoms with Gasteiger partial charge in [0.25, 0.3) is 5.69 Å². The lowest BCUT2D eigenvalue weighted by molar-refractivity contribution is -0.384. The van der Waals surface area contributed by atoms with E-state index in [9.17, 15) is 53.3 Å². The van der Waals surface area contributed by atoms with Crippen molar-refractivity contribution in [2.45, 2.75) is 75.5 Å². The molecule has 0 aliphatic rings. The first-order chi connectivity index (χ1) is 27.9. The second-order valence-corrected chi connectivity index (χ2v) is 13.2. The van der Waals surface area contributed by atoms with Crippen molar-refractivity contribution in [3.05, 3.63) is 88.0 Å². The van der Waals surface area contributed by atoms with Gasteiger partial charge in [-0.1, -0.05) is 54.6 Å². The van der Waals surface area contributed by atoms with Gasteiger partial charge >= 0.3 is 17.9 Å².